The second-order valence-electron chi connectivity index (χ2n) is 9.96. The van der Waals surface area contributed by atoms with E-state index in [1.165, 1.54) is 53.8 Å². The van der Waals surface area contributed by atoms with E-state index in [0.717, 1.165) is 10.2 Å². The summed E-state index contributed by atoms with van der Waals surface area (Å²) in [6.07, 6.45) is 0. The SMILES string of the molecule is CC1(C)c2ccccc2-c2ccc(N(c3ccccc3)c3cccc4sc5cc(Br)ccc5c34)cc21. The van der Waals surface area contributed by atoms with Crippen molar-refractivity contribution in [2.75, 3.05) is 4.90 Å². The molecule has 0 aliphatic heterocycles. The Morgan fingerprint density at radius 1 is 0.639 bits per heavy atom. The fourth-order valence-electron chi connectivity index (χ4n) is 5.80. The fourth-order valence-corrected chi connectivity index (χ4v) is 7.48. The molecule has 0 spiro atoms. The molecule has 174 valence electrons. The molecule has 1 nitrogen and oxygen atoms in total. The van der Waals surface area contributed by atoms with E-state index in [-0.39, 0.29) is 5.41 Å². The molecule has 1 aromatic heterocycles. The van der Waals surface area contributed by atoms with E-state index in [1.807, 2.05) is 11.3 Å². The Labute approximate surface area is 223 Å². The molecule has 0 radical (unpaired) electrons. The van der Waals surface area contributed by atoms with Crippen LogP contribution in [0.5, 0.6) is 0 Å². The van der Waals surface area contributed by atoms with Crippen molar-refractivity contribution in [3.05, 3.63) is 125 Å². The minimum absolute atomic E-state index is 0.0440. The number of rotatable bonds is 3. The molecular formula is C33H24BrNS. The molecule has 0 amide bonds. The number of thiophene rings is 1. The van der Waals surface area contributed by atoms with Gasteiger partial charge < -0.3 is 4.90 Å². The van der Waals surface area contributed by atoms with Crippen LogP contribution in [0.4, 0.5) is 17.1 Å². The third-order valence-electron chi connectivity index (χ3n) is 7.52. The lowest BCUT2D eigenvalue weighted by molar-refractivity contribution is 0.660. The van der Waals surface area contributed by atoms with Gasteiger partial charge in [0.25, 0.3) is 0 Å². The van der Waals surface area contributed by atoms with Crippen molar-refractivity contribution in [2.45, 2.75) is 19.3 Å². The van der Waals surface area contributed by atoms with Crippen LogP contribution in [0.3, 0.4) is 0 Å². The molecule has 6 aromatic rings. The van der Waals surface area contributed by atoms with Crippen molar-refractivity contribution in [2.24, 2.45) is 0 Å². The van der Waals surface area contributed by atoms with Crippen LogP contribution in [0.25, 0.3) is 31.3 Å². The standard InChI is InChI=1S/C33H24BrNS/c1-33(2)27-12-7-6-11-24(27)25-18-16-23(20-28(25)33)35(22-9-4-3-5-10-22)29-13-8-14-30-32(29)26-17-15-21(34)19-31(26)36-30/h3-20H,1-2H3. The smallest absolute Gasteiger partial charge is 0.0554 e. The first-order valence-corrected chi connectivity index (χ1v) is 13.8. The summed E-state index contributed by atoms with van der Waals surface area (Å²) < 4.78 is 3.71. The van der Waals surface area contributed by atoms with Crippen LogP contribution in [0.15, 0.2) is 114 Å². The van der Waals surface area contributed by atoms with Crippen LogP contribution in [0.1, 0.15) is 25.0 Å². The lowest BCUT2D eigenvalue weighted by atomic mass is 9.82. The van der Waals surface area contributed by atoms with Crippen LogP contribution < -0.4 is 4.90 Å². The van der Waals surface area contributed by atoms with E-state index in [1.54, 1.807) is 0 Å². The van der Waals surface area contributed by atoms with Crippen molar-refractivity contribution in [1.82, 2.24) is 0 Å². The van der Waals surface area contributed by atoms with E-state index < -0.39 is 0 Å². The average Bonchev–Trinajstić information content (AvgIpc) is 3.37. The molecule has 5 aromatic carbocycles. The number of hydrogen-bond donors (Lipinski definition) is 0. The predicted molar refractivity (Wildman–Crippen MR) is 159 cm³/mol. The monoisotopic (exact) mass is 545 g/mol. The van der Waals surface area contributed by atoms with Crippen molar-refractivity contribution in [3.8, 4) is 11.1 Å². The van der Waals surface area contributed by atoms with Gasteiger partial charge in [-0.05, 0) is 70.8 Å². The number of para-hydroxylation sites is 1. The summed E-state index contributed by atoms with van der Waals surface area (Å²) in [5.41, 5.74) is 8.99. The number of benzene rings is 5. The second-order valence-corrected chi connectivity index (χ2v) is 12.0. The molecule has 7 rings (SSSR count). The molecule has 36 heavy (non-hydrogen) atoms. The molecule has 0 unspecified atom stereocenters. The molecule has 1 aliphatic rings. The minimum Gasteiger partial charge on any atom is -0.310 e. The molecule has 0 saturated carbocycles. The molecular weight excluding hydrogens is 522 g/mol. The number of anilines is 3. The van der Waals surface area contributed by atoms with E-state index in [4.69, 9.17) is 0 Å². The van der Waals surface area contributed by atoms with Gasteiger partial charge in [0, 0.05) is 41.4 Å². The highest BCUT2D eigenvalue weighted by Gasteiger charge is 2.35. The zero-order valence-corrected chi connectivity index (χ0v) is 22.5. The highest BCUT2D eigenvalue weighted by molar-refractivity contribution is 9.10. The number of fused-ring (bicyclic) bond motifs is 6. The predicted octanol–water partition coefficient (Wildman–Crippen LogP) is 10.6. The lowest BCUT2D eigenvalue weighted by Gasteiger charge is -2.28. The Hall–Kier alpha value is -3.40. The van der Waals surface area contributed by atoms with Crippen LogP contribution in [0.2, 0.25) is 0 Å². The van der Waals surface area contributed by atoms with Crippen LogP contribution >= 0.6 is 27.3 Å². The van der Waals surface area contributed by atoms with E-state index in [2.05, 4.69) is 144 Å². The summed E-state index contributed by atoms with van der Waals surface area (Å²) in [7, 11) is 0. The lowest BCUT2D eigenvalue weighted by Crippen LogP contribution is -2.16. The van der Waals surface area contributed by atoms with Gasteiger partial charge >= 0.3 is 0 Å². The molecule has 1 heterocycles. The zero-order valence-electron chi connectivity index (χ0n) is 20.1. The van der Waals surface area contributed by atoms with Gasteiger partial charge in [0.2, 0.25) is 0 Å². The largest absolute Gasteiger partial charge is 0.310 e. The summed E-state index contributed by atoms with van der Waals surface area (Å²) in [5, 5.41) is 2.60. The highest BCUT2D eigenvalue weighted by atomic mass is 79.9. The van der Waals surface area contributed by atoms with Crippen LogP contribution in [-0.4, -0.2) is 0 Å². The van der Waals surface area contributed by atoms with Crippen molar-refractivity contribution < 1.29 is 0 Å². The Kier molecular flexibility index (Phi) is 4.89. The number of hydrogen-bond acceptors (Lipinski definition) is 2. The summed E-state index contributed by atoms with van der Waals surface area (Å²) >= 11 is 5.51. The van der Waals surface area contributed by atoms with Gasteiger partial charge in [-0.25, -0.2) is 0 Å². The molecule has 3 heteroatoms. The summed E-state index contributed by atoms with van der Waals surface area (Å²) in [5.74, 6) is 0. The van der Waals surface area contributed by atoms with Gasteiger partial charge in [0.05, 0.1) is 5.69 Å². The van der Waals surface area contributed by atoms with Gasteiger partial charge in [-0.15, -0.1) is 11.3 Å². The second kappa shape index (κ2) is 8.06. The first-order valence-electron chi connectivity index (χ1n) is 12.2. The highest BCUT2D eigenvalue weighted by Crippen LogP contribution is 2.51. The maximum atomic E-state index is 3.66. The number of nitrogens with zero attached hydrogens (tertiary/aromatic N) is 1. The quantitative estimate of drug-likeness (QED) is 0.213. The maximum absolute atomic E-state index is 3.66. The first-order chi connectivity index (χ1) is 17.5. The topological polar surface area (TPSA) is 3.24 Å². The van der Waals surface area contributed by atoms with E-state index in [9.17, 15) is 0 Å². The molecule has 0 saturated heterocycles. The minimum atomic E-state index is -0.0440. The van der Waals surface area contributed by atoms with Gasteiger partial charge in [-0.3, -0.25) is 0 Å². The van der Waals surface area contributed by atoms with Crippen molar-refractivity contribution in [1.29, 1.82) is 0 Å². The molecule has 1 aliphatic carbocycles. The van der Waals surface area contributed by atoms with E-state index in [0.29, 0.717) is 0 Å². The van der Waals surface area contributed by atoms with Gasteiger partial charge in [-0.1, -0.05) is 90.4 Å². The Balaban J connectivity index is 1.50. The van der Waals surface area contributed by atoms with Gasteiger partial charge in [0.15, 0.2) is 0 Å². The van der Waals surface area contributed by atoms with Crippen LogP contribution in [0, 0.1) is 0 Å². The summed E-state index contributed by atoms with van der Waals surface area (Å²) in [6.45, 7) is 4.69. The Morgan fingerprint density at radius 2 is 1.42 bits per heavy atom. The normalized spacial score (nSPS) is 13.6. The zero-order chi connectivity index (χ0) is 24.4. The number of halogens is 1. The third kappa shape index (κ3) is 3.20. The maximum Gasteiger partial charge on any atom is 0.0554 e. The van der Waals surface area contributed by atoms with Gasteiger partial charge in [-0.2, -0.15) is 0 Å². The third-order valence-corrected chi connectivity index (χ3v) is 9.13. The molecule has 0 N–H and O–H groups in total. The molecule has 0 atom stereocenters. The summed E-state index contributed by atoms with van der Waals surface area (Å²) in [6, 6.07) is 39.9. The van der Waals surface area contributed by atoms with Crippen molar-refractivity contribution >= 4 is 64.5 Å². The molecule has 0 fully saturated rings. The first kappa shape index (κ1) is 21.8. The van der Waals surface area contributed by atoms with Crippen LogP contribution in [-0.2, 0) is 5.41 Å². The summed E-state index contributed by atoms with van der Waals surface area (Å²) in [4.78, 5) is 2.43. The van der Waals surface area contributed by atoms with E-state index >= 15 is 0 Å². The van der Waals surface area contributed by atoms with Crippen molar-refractivity contribution in [3.63, 3.8) is 0 Å². The van der Waals surface area contributed by atoms with Gasteiger partial charge in [0.1, 0.15) is 0 Å². The average molecular weight is 547 g/mol. The fraction of sp³-hybridized carbons (Fsp3) is 0.0909. The Bertz CT molecular complexity index is 1780. The Morgan fingerprint density at radius 3 is 2.28 bits per heavy atom. The molecule has 0 bridgehead atoms.